The number of carbonyl (C=O) groups is 2. The summed E-state index contributed by atoms with van der Waals surface area (Å²) in [6.45, 7) is 3.98. The molecule has 2 aromatic rings. The minimum Gasteiger partial charge on any atom is -0.490 e. The maximum absolute atomic E-state index is 11.7. The average Bonchev–Trinajstić information content (AvgIpc) is 2.68. The first-order valence-electron chi connectivity index (χ1n) is 8.26. The third-order valence-electron chi connectivity index (χ3n) is 3.38. The Labute approximate surface area is 163 Å². The molecule has 0 saturated heterocycles. The van der Waals surface area contributed by atoms with Gasteiger partial charge in [-0.25, -0.2) is 4.79 Å². The van der Waals surface area contributed by atoms with Gasteiger partial charge in [0.2, 0.25) is 0 Å². The molecule has 1 amide bonds. The quantitative estimate of drug-likeness (QED) is 0.405. The molecule has 6 heteroatoms. The molecule has 5 nitrogen and oxygen atoms in total. The van der Waals surface area contributed by atoms with Crippen molar-refractivity contribution in [2.45, 2.75) is 6.54 Å². The van der Waals surface area contributed by atoms with Crippen LogP contribution in [0.1, 0.15) is 11.1 Å². The fourth-order valence-corrected chi connectivity index (χ4v) is 2.29. The van der Waals surface area contributed by atoms with E-state index in [-0.39, 0.29) is 12.5 Å². The summed E-state index contributed by atoms with van der Waals surface area (Å²) in [5, 5.41) is 3.25. The Morgan fingerprint density at radius 2 is 1.93 bits per heavy atom. The maximum atomic E-state index is 11.7. The molecule has 0 unspecified atom stereocenters. The molecule has 0 spiro atoms. The first kappa shape index (κ1) is 20.3. The minimum atomic E-state index is -0.597. The fraction of sp³-hybridized carbons (Fsp3) is 0.143. The van der Waals surface area contributed by atoms with Crippen LogP contribution < -0.4 is 10.1 Å². The van der Waals surface area contributed by atoms with Gasteiger partial charge in [0.1, 0.15) is 12.4 Å². The Morgan fingerprint density at radius 3 is 2.63 bits per heavy atom. The lowest BCUT2D eigenvalue weighted by Gasteiger charge is -2.06. The highest BCUT2D eigenvalue weighted by Gasteiger charge is 2.05. The third kappa shape index (κ3) is 7.79. The van der Waals surface area contributed by atoms with E-state index in [4.69, 9.17) is 21.1 Å². The summed E-state index contributed by atoms with van der Waals surface area (Å²) in [5.74, 6) is -0.272. The molecular weight excluding hydrogens is 366 g/mol. The summed E-state index contributed by atoms with van der Waals surface area (Å²) in [6.07, 6.45) is 4.53. The van der Waals surface area contributed by atoms with Gasteiger partial charge in [0, 0.05) is 17.6 Å². The van der Waals surface area contributed by atoms with Crippen molar-refractivity contribution in [3.8, 4) is 5.75 Å². The third-order valence-corrected chi connectivity index (χ3v) is 3.62. The van der Waals surface area contributed by atoms with Crippen LogP contribution in [0.3, 0.4) is 0 Å². The minimum absolute atomic E-state index is 0.313. The number of halogens is 1. The summed E-state index contributed by atoms with van der Waals surface area (Å²) < 4.78 is 10.3. The van der Waals surface area contributed by atoms with Gasteiger partial charge in [0.25, 0.3) is 5.91 Å². The van der Waals surface area contributed by atoms with Gasteiger partial charge >= 0.3 is 5.97 Å². The predicted octanol–water partition coefficient (Wildman–Crippen LogP) is 3.78. The van der Waals surface area contributed by atoms with Gasteiger partial charge in [-0.1, -0.05) is 48.5 Å². The number of carbonyl (C=O) groups excluding carboxylic acids is 2. The monoisotopic (exact) mass is 385 g/mol. The lowest BCUT2D eigenvalue weighted by molar-refractivity contribution is -0.143. The normalized spacial score (nSPS) is 10.4. The number of hydrogen-bond donors (Lipinski definition) is 1. The van der Waals surface area contributed by atoms with Crippen LogP contribution in [0.4, 0.5) is 0 Å². The number of esters is 1. The zero-order valence-electron chi connectivity index (χ0n) is 14.7. The fourth-order valence-electron chi connectivity index (χ4n) is 2.08. The van der Waals surface area contributed by atoms with Gasteiger partial charge in [-0.05, 0) is 41.5 Å². The van der Waals surface area contributed by atoms with E-state index < -0.39 is 5.97 Å². The Morgan fingerprint density at radius 1 is 1.15 bits per heavy atom. The van der Waals surface area contributed by atoms with E-state index in [0.29, 0.717) is 23.9 Å². The van der Waals surface area contributed by atoms with Crippen LogP contribution >= 0.6 is 11.6 Å². The van der Waals surface area contributed by atoms with E-state index in [1.807, 2.05) is 6.07 Å². The SMILES string of the molecule is C=CCOc1ccc(/C=C/C(=O)OCC(=O)NCc2cccc(Cl)c2)cc1. The van der Waals surface area contributed by atoms with Crippen LogP contribution in [0.2, 0.25) is 5.02 Å². The van der Waals surface area contributed by atoms with E-state index in [1.54, 1.807) is 54.6 Å². The second kappa shape index (κ2) is 10.8. The van der Waals surface area contributed by atoms with Gasteiger partial charge in [-0.15, -0.1) is 0 Å². The van der Waals surface area contributed by atoms with E-state index in [9.17, 15) is 9.59 Å². The Hall–Kier alpha value is -3.05. The molecule has 2 rings (SSSR count). The lowest BCUT2D eigenvalue weighted by atomic mass is 10.2. The second-order valence-electron chi connectivity index (χ2n) is 5.52. The molecule has 0 aliphatic carbocycles. The molecule has 27 heavy (non-hydrogen) atoms. The molecular formula is C21H20ClNO4. The van der Waals surface area contributed by atoms with Crippen molar-refractivity contribution in [1.29, 1.82) is 0 Å². The van der Waals surface area contributed by atoms with Crippen molar-refractivity contribution in [2.24, 2.45) is 0 Å². The second-order valence-corrected chi connectivity index (χ2v) is 5.95. The van der Waals surface area contributed by atoms with Crippen LogP contribution in [0.15, 0.2) is 67.3 Å². The number of rotatable bonds is 9. The number of ether oxygens (including phenoxy) is 2. The molecule has 0 aromatic heterocycles. The van der Waals surface area contributed by atoms with E-state index in [0.717, 1.165) is 11.1 Å². The van der Waals surface area contributed by atoms with Crippen molar-refractivity contribution in [3.63, 3.8) is 0 Å². The highest BCUT2D eigenvalue weighted by atomic mass is 35.5. The smallest absolute Gasteiger partial charge is 0.331 e. The predicted molar refractivity (Wildman–Crippen MR) is 105 cm³/mol. The molecule has 0 atom stereocenters. The molecule has 0 radical (unpaired) electrons. The lowest BCUT2D eigenvalue weighted by Crippen LogP contribution is -2.28. The van der Waals surface area contributed by atoms with Gasteiger partial charge < -0.3 is 14.8 Å². The molecule has 0 aliphatic rings. The number of nitrogens with one attached hydrogen (secondary N) is 1. The summed E-state index contributed by atoms with van der Waals surface area (Å²) in [5.41, 5.74) is 1.67. The van der Waals surface area contributed by atoms with Crippen LogP contribution in [0, 0.1) is 0 Å². The molecule has 1 N–H and O–H groups in total. The summed E-state index contributed by atoms with van der Waals surface area (Å²) in [6, 6.07) is 14.3. The first-order chi connectivity index (χ1) is 13.1. The molecule has 0 fully saturated rings. The zero-order valence-corrected chi connectivity index (χ0v) is 15.4. The van der Waals surface area contributed by atoms with E-state index >= 15 is 0 Å². The topological polar surface area (TPSA) is 64.6 Å². The van der Waals surface area contributed by atoms with Crippen molar-refractivity contribution >= 4 is 29.6 Å². The van der Waals surface area contributed by atoms with Crippen molar-refractivity contribution in [3.05, 3.63) is 83.4 Å². The molecule has 0 bridgehead atoms. The average molecular weight is 386 g/mol. The highest BCUT2D eigenvalue weighted by Crippen LogP contribution is 2.13. The zero-order chi connectivity index (χ0) is 19.5. The van der Waals surface area contributed by atoms with Crippen molar-refractivity contribution in [2.75, 3.05) is 13.2 Å². The Balaban J connectivity index is 1.72. The number of benzene rings is 2. The molecule has 140 valence electrons. The molecule has 0 heterocycles. The van der Waals surface area contributed by atoms with Crippen LogP contribution in [0.25, 0.3) is 6.08 Å². The van der Waals surface area contributed by atoms with Gasteiger partial charge in [0.15, 0.2) is 6.61 Å². The molecule has 0 saturated carbocycles. The maximum Gasteiger partial charge on any atom is 0.331 e. The van der Waals surface area contributed by atoms with E-state index in [2.05, 4.69) is 11.9 Å². The molecule has 2 aromatic carbocycles. The van der Waals surface area contributed by atoms with Crippen LogP contribution in [0.5, 0.6) is 5.75 Å². The summed E-state index contributed by atoms with van der Waals surface area (Å²) >= 11 is 5.88. The Kier molecular flexibility index (Phi) is 8.13. The number of amides is 1. The first-order valence-corrected chi connectivity index (χ1v) is 8.64. The van der Waals surface area contributed by atoms with Crippen molar-refractivity contribution < 1.29 is 19.1 Å². The van der Waals surface area contributed by atoms with Gasteiger partial charge in [0.05, 0.1) is 0 Å². The largest absolute Gasteiger partial charge is 0.490 e. The highest BCUT2D eigenvalue weighted by molar-refractivity contribution is 6.30. The van der Waals surface area contributed by atoms with Gasteiger partial charge in [-0.3, -0.25) is 4.79 Å². The number of hydrogen-bond acceptors (Lipinski definition) is 4. The van der Waals surface area contributed by atoms with Crippen LogP contribution in [-0.2, 0) is 20.9 Å². The Bertz CT molecular complexity index is 815. The van der Waals surface area contributed by atoms with E-state index in [1.165, 1.54) is 6.08 Å². The van der Waals surface area contributed by atoms with Gasteiger partial charge in [-0.2, -0.15) is 0 Å². The molecule has 0 aliphatic heterocycles. The van der Waals surface area contributed by atoms with Crippen molar-refractivity contribution in [1.82, 2.24) is 5.32 Å². The van der Waals surface area contributed by atoms with Crippen LogP contribution in [-0.4, -0.2) is 25.1 Å². The summed E-state index contributed by atoms with van der Waals surface area (Å²) in [4.78, 5) is 23.4. The standard InChI is InChI=1S/C21H20ClNO4/c1-2-12-26-19-9-6-16(7-10-19)8-11-21(25)27-15-20(24)23-14-17-4-3-5-18(22)13-17/h2-11,13H,1,12,14-15H2,(H,23,24)/b11-8+. The summed E-state index contributed by atoms with van der Waals surface area (Å²) in [7, 11) is 0.